The highest BCUT2D eigenvalue weighted by molar-refractivity contribution is 7.26. The number of fused-ring (bicyclic) bond motifs is 8. The van der Waals surface area contributed by atoms with E-state index in [1.54, 1.807) is 0 Å². The Morgan fingerprint density at radius 2 is 0.983 bits per heavy atom. The molecule has 1 aromatic heterocycles. The molecule has 0 aliphatic heterocycles. The van der Waals surface area contributed by atoms with Gasteiger partial charge in [-0.25, -0.2) is 0 Å². The maximum absolute atomic E-state index is 4.33. The van der Waals surface area contributed by atoms with Crippen molar-refractivity contribution in [3.63, 3.8) is 0 Å². The van der Waals surface area contributed by atoms with Gasteiger partial charge in [0.15, 0.2) is 0 Å². The molecule has 0 aliphatic rings. The van der Waals surface area contributed by atoms with Crippen molar-refractivity contribution in [1.82, 2.24) is 0 Å². The van der Waals surface area contributed by atoms with Crippen molar-refractivity contribution in [1.29, 1.82) is 0 Å². The highest BCUT2D eigenvalue weighted by atomic mass is 32.1. The van der Waals surface area contributed by atoms with Gasteiger partial charge in [-0.1, -0.05) is 151 Å². The van der Waals surface area contributed by atoms with Crippen LogP contribution >= 0.6 is 11.3 Å². The minimum absolute atomic E-state index is 1.04. The van der Waals surface area contributed by atoms with E-state index in [0.717, 1.165) is 21.8 Å². The van der Waals surface area contributed by atoms with Crippen LogP contribution in [0.5, 0.6) is 0 Å². The molecule has 0 aliphatic carbocycles. The second kappa shape index (κ2) is 13.8. The lowest BCUT2D eigenvalue weighted by molar-refractivity contribution is 1.29. The normalized spacial score (nSPS) is 12.2. The lowest BCUT2D eigenvalue weighted by Crippen LogP contribution is -2.22. The minimum atomic E-state index is 1.04. The monoisotopic (exact) mass is 771 g/mol. The average Bonchev–Trinajstić information content (AvgIpc) is 3.63. The van der Waals surface area contributed by atoms with E-state index in [9.17, 15) is 0 Å². The van der Waals surface area contributed by atoms with Gasteiger partial charge in [0, 0.05) is 42.3 Å². The molecule has 0 unspecified atom stereocenters. The Balaban J connectivity index is 1.14. The maximum atomic E-state index is 4.33. The fourth-order valence-electron chi connectivity index (χ4n) is 9.28. The molecule has 0 saturated carbocycles. The molecule has 1 heterocycles. The first-order valence-electron chi connectivity index (χ1n) is 20.4. The number of hydrogen-bond acceptors (Lipinski definition) is 2. The quantitative estimate of drug-likeness (QED) is 0.124. The van der Waals surface area contributed by atoms with Crippen molar-refractivity contribution in [2.24, 2.45) is 0 Å². The number of aryl methyl sites for hydroxylation is 3. The van der Waals surface area contributed by atoms with E-state index >= 15 is 0 Å². The van der Waals surface area contributed by atoms with Gasteiger partial charge in [0.2, 0.25) is 0 Å². The molecule has 0 spiro atoms. The number of hydrogen-bond donors (Lipinski definition) is 0. The number of thiophene rings is 1. The summed E-state index contributed by atoms with van der Waals surface area (Å²) in [5.74, 6) is 0. The van der Waals surface area contributed by atoms with Gasteiger partial charge in [-0.3, -0.25) is 0 Å². The molecule has 0 saturated heterocycles. The van der Waals surface area contributed by atoms with E-state index in [0.29, 0.717) is 0 Å². The van der Waals surface area contributed by atoms with Gasteiger partial charge in [0.25, 0.3) is 0 Å². The second-order valence-corrected chi connectivity index (χ2v) is 17.0. The van der Waals surface area contributed by atoms with Gasteiger partial charge in [-0.15, -0.1) is 11.3 Å². The van der Waals surface area contributed by atoms with Crippen LogP contribution in [-0.2, 0) is 0 Å². The van der Waals surface area contributed by atoms with Crippen LogP contribution in [0.15, 0.2) is 176 Å². The highest BCUT2D eigenvalue weighted by Gasteiger charge is 2.23. The first kappa shape index (κ1) is 35.2. The topological polar surface area (TPSA) is 3.24 Å². The lowest BCUT2D eigenvalue weighted by atomic mass is 9.89. The first-order chi connectivity index (χ1) is 28.9. The standard InChI is InChI=1S/C57H41NS/c1-35-21-26-41(27-22-35)58(42-28-23-36(2)24-29-42)57-48-19-11-9-17-46(48)56(47-18-10-12-20-49(47)57)40-25-30-45-53-33-51-38(4)50(31-39-14-6-5-13-37(39)3)43-15-7-8-16-44(43)52(51)34-55(53)59-54(45)32-40/h5-34H,3H2,1-2,4H3/b39-31-. The predicted molar refractivity (Wildman–Crippen MR) is 258 cm³/mol. The number of nitrogens with zero attached hydrogens (tertiary/aromatic N) is 1. The molecule has 11 aromatic rings. The molecule has 0 radical (unpaired) electrons. The van der Waals surface area contributed by atoms with Crippen LogP contribution in [0.2, 0.25) is 0 Å². The number of rotatable bonds is 5. The van der Waals surface area contributed by atoms with Gasteiger partial charge in [0.05, 0.1) is 5.69 Å². The van der Waals surface area contributed by atoms with E-state index in [1.165, 1.54) is 102 Å². The summed E-state index contributed by atoms with van der Waals surface area (Å²) in [6.45, 7) is 10.9. The van der Waals surface area contributed by atoms with Crippen LogP contribution in [0.3, 0.4) is 0 Å². The number of anilines is 3. The average molecular weight is 772 g/mol. The van der Waals surface area contributed by atoms with Gasteiger partial charge in [-0.05, 0) is 134 Å². The predicted octanol–water partition coefficient (Wildman–Crippen LogP) is 15.0. The van der Waals surface area contributed by atoms with Gasteiger partial charge >= 0.3 is 0 Å². The van der Waals surface area contributed by atoms with Crippen LogP contribution in [-0.4, -0.2) is 0 Å². The molecule has 10 aromatic carbocycles. The summed E-state index contributed by atoms with van der Waals surface area (Å²) in [6.07, 6.45) is 2.32. The SMILES string of the molecule is C=c1cccc/c1=C/c1c(C)c2cc3c(cc2c2ccccc12)sc1cc(-c2c4ccccc4c(N(c4ccc(C)cc4)c4ccc(C)cc4)c4ccccc24)ccc13. The van der Waals surface area contributed by atoms with E-state index in [4.69, 9.17) is 0 Å². The highest BCUT2D eigenvalue weighted by Crippen LogP contribution is 2.49. The molecule has 0 atom stereocenters. The third-order valence-electron chi connectivity index (χ3n) is 12.3. The van der Waals surface area contributed by atoms with E-state index in [-0.39, 0.29) is 0 Å². The molecule has 59 heavy (non-hydrogen) atoms. The Hall–Kier alpha value is -7.00. The first-order valence-corrected chi connectivity index (χ1v) is 21.2. The van der Waals surface area contributed by atoms with E-state index in [2.05, 4.69) is 214 Å². The summed E-state index contributed by atoms with van der Waals surface area (Å²) in [5, 5.41) is 14.9. The largest absolute Gasteiger partial charge is 0.309 e. The summed E-state index contributed by atoms with van der Waals surface area (Å²) >= 11 is 1.90. The second-order valence-electron chi connectivity index (χ2n) is 16.0. The summed E-state index contributed by atoms with van der Waals surface area (Å²) in [6, 6.07) is 65.1. The Kier molecular flexibility index (Phi) is 8.25. The Morgan fingerprint density at radius 1 is 0.441 bits per heavy atom. The van der Waals surface area contributed by atoms with Crippen LogP contribution in [0, 0.1) is 20.8 Å². The zero-order valence-electron chi connectivity index (χ0n) is 33.4. The van der Waals surface area contributed by atoms with Gasteiger partial charge in [-0.2, -0.15) is 0 Å². The van der Waals surface area contributed by atoms with Crippen LogP contribution in [0.1, 0.15) is 22.3 Å². The molecular formula is C57H41NS. The summed E-state index contributed by atoms with van der Waals surface area (Å²) < 4.78 is 2.61. The van der Waals surface area contributed by atoms with E-state index in [1.807, 2.05) is 11.3 Å². The third kappa shape index (κ3) is 5.74. The van der Waals surface area contributed by atoms with Crippen LogP contribution in [0.25, 0.3) is 87.0 Å². The molecule has 0 N–H and O–H groups in total. The lowest BCUT2D eigenvalue weighted by Gasteiger charge is -2.29. The van der Waals surface area contributed by atoms with Gasteiger partial charge < -0.3 is 4.90 Å². The molecule has 0 bridgehead atoms. The molecular weight excluding hydrogens is 731 g/mol. The Bertz CT molecular complexity index is 3490. The maximum Gasteiger partial charge on any atom is 0.0618 e. The summed E-state index contributed by atoms with van der Waals surface area (Å²) in [4.78, 5) is 2.44. The Morgan fingerprint density at radius 3 is 1.61 bits per heavy atom. The zero-order valence-corrected chi connectivity index (χ0v) is 34.2. The molecule has 2 heteroatoms. The van der Waals surface area contributed by atoms with Crippen molar-refractivity contribution in [3.05, 3.63) is 209 Å². The number of benzene rings is 10. The van der Waals surface area contributed by atoms with Crippen molar-refractivity contribution < 1.29 is 0 Å². The zero-order chi connectivity index (χ0) is 39.8. The van der Waals surface area contributed by atoms with Crippen molar-refractivity contribution in [2.75, 3.05) is 4.90 Å². The van der Waals surface area contributed by atoms with Crippen molar-refractivity contribution >= 4 is 104 Å². The fraction of sp³-hybridized carbons (Fsp3) is 0.0526. The Labute approximate surface area is 348 Å². The van der Waals surface area contributed by atoms with Crippen LogP contribution in [0.4, 0.5) is 17.1 Å². The van der Waals surface area contributed by atoms with E-state index < -0.39 is 0 Å². The third-order valence-corrected chi connectivity index (χ3v) is 13.4. The molecule has 1 nitrogen and oxygen atoms in total. The summed E-state index contributed by atoms with van der Waals surface area (Å²) in [5.41, 5.74) is 11.0. The van der Waals surface area contributed by atoms with Crippen molar-refractivity contribution in [3.8, 4) is 11.1 Å². The van der Waals surface area contributed by atoms with Gasteiger partial charge in [0.1, 0.15) is 0 Å². The minimum Gasteiger partial charge on any atom is -0.309 e. The fourth-order valence-corrected chi connectivity index (χ4v) is 10.4. The smallest absolute Gasteiger partial charge is 0.0618 e. The molecule has 280 valence electrons. The van der Waals surface area contributed by atoms with Crippen molar-refractivity contribution in [2.45, 2.75) is 20.8 Å². The van der Waals surface area contributed by atoms with Crippen LogP contribution < -0.4 is 15.3 Å². The molecule has 11 rings (SSSR count). The summed E-state index contributed by atoms with van der Waals surface area (Å²) in [7, 11) is 0. The molecule has 0 fully saturated rings. The molecule has 0 amide bonds.